The molecule has 12 heteroatoms. The Balaban J connectivity index is 1.25. The zero-order valence-corrected chi connectivity index (χ0v) is 25.4. The summed E-state index contributed by atoms with van der Waals surface area (Å²) in [4.78, 5) is 8.89. The van der Waals surface area contributed by atoms with Crippen molar-refractivity contribution in [3.05, 3.63) is 95.6 Å². The molecule has 5 rings (SSSR count). The first-order chi connectivity index (χ1) is 22.3. The Morgan fingerprint density at radius 3 is 2.02 bits per heavy atom. The molecule has 1 saturated carbocycles. The third-order valence-corrected chi connectivity index (χ3v) is 8.40. The van der Waals surface area contributed by atoms with Gasteiger partial charge in [-0.15, -0.1) is 13.2 Å². The lowest BCUT2D eigenvalue weighted by atomic mass is 9.77. The Morgan fingerprint density at radius 2 is 1.40 bits per heavy atom. The molecule has 0 aliphatic heterocycles. The van der Waals surface area contributed by atoms with Gasteiger partial charge in [-0.05, 0) is 79.0 Å². The second-order valence-corrected chi connectivity index (χ2v) is 11.7. The molecule has 3 aromatic carbocycles. The molecule has 0 amide bonds. The van der Waals surface area contributed by atoms with Crippen LogP contribution in [0.1, 0.15) is 75.3 Å². The van der Waals surface area contributed by atoms with Gasteiger partial charge in [-0.1, -0.05) is 50.8 Å². The highest BCUT2D eigenvalue weighted by molar-refractivity contribution is 5.69. The van der Waals surface area contributed by atoms with Crippen molar-refractivity contribution in [3.63, 3.8) is 0 Å². The summed E-state index contributed by atoms with van der Waals surface area (Å²) in [5.41, 5.74) is 0.0540. The fourth-order valence-corrected chi connectivity index (χ4v) is 5.93. The highest BCUT2D eigenvalue weighted by Gasteiger charge is 2.38. The number of hydrogen-bond acceptors (Lipinski definition) is 4. The predicted molar refractivity (Wildman–Crippen MR) is 159 cm³/mol. The first-order valence-electron chi connectivity index (χ1n) is 15.4. The van der Waals surface area contributed by atoms with Gasteiger partial charge in [0.15, 0.2) is 17.4 Å². The molecule has 0 N–H and O–H groups in total. The first-order valence-corrected chi connectivity index (χ1v) is 15.4. The molecule has 0 bridgehead atoms. The van der Waals surface area contributed by atoms with E-state index in [-0.39, 0.29) is 17.2 Å². The number of nitrogens with zero attached hydrogens (tertiary/aromatic N) is 2. The first kappa shape index (κ1) is 34.1. The van der Waals surface area contributed by atoms with Crippen LogP contribution >= 0.6 is 0 Å². The monoisotopic (exact) mass is 664 g/mol. The van der Waals surface area contributed by atoms with E-state index in [0.717, 1.165) is 30.4 Å². The molecule has 4 nitrogen and oxygen atoms in total. The molecule has 1 aliphatic carbocycles. The molecule has 0 spiro atoms. The van der Waals surface area contributed by atoms with Crippen molar-refractivity contribution in [3.8, 4) is 34.0 Å². The molecule has 0 saturated heterocycles. The molecule has 1 aliphatic rings. The zero-order valence-electron chi connectivity index (χ0n) is 25.4. The molecular formula is C35H32F8N2O2. The molecule has 1 fully saturated rings. The summed E-state index contributed by atoms with van der Waals surface area (Å²) in [5, 5.41) is 0. The fourth-order valence-electron chi connectivity index (χ4n) is 5.93. The summed E-state index contributed by atoms with van der Waals surface area (Å²) >= 11 is 0. The van der Waals surface area contributed by atoms with Gasteiger partial charge in [-0.2, -0.15) is 8.78 Å². The molecule has 0 atom stereocenters. The van der Waals surface area contributed by atoms with Crippen LogP contribution in [0.15, 0.2) is 67.0 Å². The minimum Gasteiger partial charge on any atom is -0.429 e. The summed E-state index contributed by atoms with van der Waals surface area (Å²) in [5.74, 6) is -4.51. The maximum absolute atomic E-state index is 15.2. The lowest BCUT2D eigenvalue weighted by molar-refractivity contribution is -0.275. The van der Waals surface area contributed by atoms with Crippen LogP contribution in [-0.2, 0) is 6.11 Å². The normalized spacial score (nSPS) is 17.0. The average Bonchev–Trinajstić information content (AvgIpc) is 3.02. The summed E-state index contributed by atoms with van der Waals surface area (Å²) in [7, 11) is 0. The van der Waals surface area contributed by atoms with E-state index in [1.807, 2.05) is 0 Å². The number of unbranched alkanes of at least 4 members (excludes halogenated alkanes) is 2. The van der Waals surface area contributed by atoms with Gasteiger partial charge in [0.25, 0.3) is 0 Å². The minimum absolute atomic E-state index is 0.0487. The Hall–Kier alpha value is -4.22. The van der Waals surface area contributed by atoms with Crippen LogP contribution in [0, 0.1) is 23.4 Å². The van der Waals surface area contributed by atoms with E-state index < -0.39 is 47.0 Å². The lowest BCUT2D eigenvalue weighted by Crippen LogP contribution is -2.23. The Morgan fingerprint density at radius 1 is 0.723 bits per heavy atom. The van der Waals surface area contributed by atoms with Crippen LogP contribution in [0.2, 0.25) is 0 Å². The number of alkyl halides is 5. The second kappa shape index (κ2) is 14.3. The number of aromatic nitrogens is 2. The van der Waals surface area contributed by atoms with E-state index in [1.54, 1.807) is 18.5 Å². The van der Waals surface area contributed by atoms with E-state index >= 15 is 4.39 Å². The Bertz CT molecular complexity index is 1670. The molecule has 0 radical (unpaired) electrons. The van der Waals surface area contributed by atoms with E-state index in [1.165, 1.54) is 50.7 Å². The largest absolute Gasteiger partial charge is 0.573 e. The van der Waals surface area contributed by atoms with Gasteiger partial charge in [0.2, 0.25) is 0 Å². The van der Waals surface area contributed by atoms with Crippen molar-refractivity contribution >= 4 is 0 Å². The quantitative estimate of drug-likeness (QED) is 0.118. The molecular weight excluding hydrogens is 632 g/mol. The van der Waals surface area contributed by atoms with Crippen LogP contribution in [-0.4, -0.2) is 16.3 Å². The molecule has 0 unspecified atom stereocenters. The van der Waals surface area contributed by atoms with Crippen LogP contribution < -0.4 is 9.47 Å². The number of rotatable bonds is 11. The number of hydrogen-bond donors (Lipinski definition) is 0. The van der Waals surface area contributed by atoms with Crippen LogP contribution in [0.4, 0.5) is 35.1 Å². The smallest absolute Gasteiger partial charge is 0.429 e. The SMILES string of the molecule is CCCCCC1CCC(c2cnc(-c3ccc(-c4ccc(C(F)(F)Oc5ccc(OC(F)(F)F)c(F)c5)c(F)c4)c(F)c3)nc2)CC1. The average molecular weight is 665 g/mol. The third-order valence-electron chi connectivity index (χ3n) is 8.40. The third kappa shape index (κ3) is 8.58. The summed E-state index contributed by atoms with van der Waals surface area (Å²) in [6, 6.07) is 7.80. The van der Waals surface area contributed by atoms with Gasteiger partial charge in [0.1, 0.15) is 17.4 Å². The molecule has 250 valence electrons. The van der Waals surface area contributed by atoms with Gasteiger partial charge in [0, 0.05) is 29.6 Å². The maximum Gasteiger partial charge on any atom is 0.573 e. The molecule has 4 aromatic rings. The van der Waals surface area contributed by atoms with Crippen molar-refractivity contribution in [2.24, 2.45) is 5.92 Å². The van der Waals surface area contributed by atoms with Gasteiger partial charge in [-0.3, -0.25) is 0 Å². The number of benzene rings is 3. The maximum atomic E-state index is 15.2. The van der Waals surface area contributed by atoms with Crippen molar-refractivity contribution in [2.75, 3.05) is 0 Å². The van der Waals surface area contributed by atoms with Crippen LogP contribution in [0.25, 0.3) is 22.5 Å². The van der Waals surface area contributed by atoms with Crippen molar-refractivity contribution < 1.29 is 44.6 Å². The van der Waals surface area contributed by atoms with Crippen LogP contribution in [0.3, 0.4) is 0 Å². The number of ether oxygens (including phenoxy) is 2. The molecule has 1 heterocycles. The summed E-state index contributed by atoms with van der Waals surface area (Å²) in [6.07, 6.45) is 3.57. The van der Waals surface area contributed by atoms with Gasteiger partial charge in [0.05, 0.1) is 5.56 Å². The topological polar surface area (TPSA) is 44.2 Å². The lowest BCUT2D eigenvalue weighted by Gasteiger charge is -2.28. The highest BCUT2D eigenvalue weighted by atomic mass is 19.4. The van der Waals surface area contributed by atoms with E-state index in [4.69, 9.17) is 0 Å². The standard InChI is InChI=1S/C35H32F8N2O2/c1-2-3-4-5-21-6-8-22(9-7-21)25-19-44-33(45-20-25)24-10-13-27(29(36)17-24)23-11-14-28(30(37)16-23)34(39,40)46-26-12-15-32(31(38)18-26)47-35(41,42)43/h10-22H,2-9H2,1H3. The van der Waals surface area contributed by atoms with E-state index in [9.17, 15) is 30.7 Å². The van der Waals surface area contributed by atoms with Crippen molar-refractivity contribution in [2.45, 2.75) is 76.7 Å². The van der Waals surface area contributed by atoms with Gasteiger partial charge < -0.3 is 9.47 Å². The summed E-state index contributed by atoms with van der Waals surface area (Å²) in [6.45, 7) is 2.21. The predicted octanol–water partition coefficient (Wildman–Crippen LogP) is 11.1. The highest BCUT2D eigenvalue weighted by Crippen LogP contribution is 2.39. The Labute approximate surface area is 266 Å². The molecule has 1 aromatic heterocycles. The van der Waals surface area contributed by atoms with E-state index in [2.05, 4.69) is 26.4 Å². The second-order valence-electron chi connectivity index (χ2n) is 11.7. The fraction of sp³-hybridized carbons (Fsp3) is 0.371. The Kier molecular flexibility index (Phi) is 10.4. The summed E-state index contributed by atoms with van der Waals surface area (Å²) < 4.78 is 118. The van der Waals surface area contributed by atoms with Crippen LogP contribution in [0.5, 0.6) is 11.5 Å². The minimum atomic E-state index is -5.21. The van der Waals surface area contributed by atoms with E-state index in [0.29, 0.717) is 41.6 Å². The van der Waals surface area contributed by atoms with Gasteiger partial charge >= 0.3 is 12.5 Å². The number of halogens is 8. The van der Waals surface area contributed by atoms with Crippen molar-refractivity contribution in [1.29, 1.82) is 0 Å². The van der Waals surface area contributed by atoms with Gasteiger partial charge in [-0.25, -0.2) is 23.1 Å². The zero-order chi connectivity index (χ0) is 33.8. The van der Waals surface area contributed by atoms with Crippen molar-refractivity contribution in [1.82, 2.24) is 9.97 Å². The molecule has 47 heavy (non-hydrogen) atoms.